The fourth-order valence-electron chi connectivity index (χ4n) is 3.48. The van der Waals surface area contributed by atoms with Crippen molar-refractivity contribution in [3.63, 3.8) is 0 Å². The zero-order valence-electron chi connectivity index (χ0n) is 13.6. The van der Waals surface area contributed by atoms with Gasteiger partial charge in [0, 0.05) is 37.1 Å². The summed E-state index contributed by atoms with van der Waals surface area (Å²) < 4.78 is 5.85. The van der Waals surface area contributed by atoms with E-state index in [-0.39, 0.29) is 29.4 Å². The number of rotatable bonds is 6. The number of aliphatic imine (C=N–C) groups is 1. The molecule has 1 heterocycles. The first-order chi connectivity index (χ1) is 9.61. The summed E-state index contributed by atoms with van der Waals surface area (Å²) in [7, 11) is 0. The molecule has 1 aliphatic heterocycles. The zero-order chi connectivity index (χ0) is 14.6. The van der Waals surface area contributed by atoms with E-state index in [1.807, 2.05) is 11.8 Å². The Labute approximate surface area is 150 Å². The first-order valence-electron chi connectivity index (χ1n) is 7.76. The van der Waals surface area contributed by atoms with Gasteiger partial charge in [-0.1, -0.05) is 13.8 Å². The molecule has 124 valence electrons. The van der Waals surface area contributed by atoms with Crippen molar-refractivity contribution in [2.45, 2.75) is 45.8 Å². The van der Waals surface area contributed by atoms with Gasteiger partial charge < -0.3 is 15.4 Å². The van der Waals surface area contributed by atoms with Crippen LogP contribution in [0.25, 0.3) is 0 Å². The molecule has 21 heavy (non-hydrogen) atoms. The lowest BCUT2D eigenvalue weighted by atomic mass is 9.57. The van der Waals surface area contributed by atoms with Crippen LogP contribution in [0.4, 0.5) is 0 Å². The fourth-order valence-corrected chi connectivity index (χ4v) is 3.90. The number of halogens is 1. The number of hydrogen-bond donors (Lipinski definition) is 2. The SMILES string of the molecule is CCNC(=NCCCSC)NC1C2CCOC2C1(C)C.I. The monoisotopic (exact) mass is 427 g/mol. The summed E-state index contributed by atoms with van der Waals surface area (Å²) in [4.78, 5) is 4.69. The summed E-state index contributed by atoms with van der Waals surface area (Å²) in [6, 6.07) is 0.480. The van der Waals surface area contributed by atoms with Gasteiger partial charge in [0.15, 0.2) is 5.96 Å². The average Bonchev–Trinajstić information content (AvgIpc) is 2.87. The second-order valence-corrected chi connectivity index (χ2v) is 7.28. The summed E-state index contributed by atoms with van der Waals surface area (Å²) in [5, 5.41) is 7.01. The molecule has 0 aromatic carbocycles. The number of guanidine groups is 1. The predicted octanol–water partition coefficient (Wildman–Crippen LogP) is 2.73. The number of nitrogens with zero attached hydrogens (tertiary/aromatic N) is 1. The molecule has 0 aromatic rings. The molecular weight excluding hydrogens is 397 g/mol. The molecular formula is C15H30IN3OS. The molecule has 1 saturated carbocycles. The van der Waals surface area contributed by atoms with E-state index in [0.29, 0.717) is 18.1 Å². The Morgan fingerprint density at radius 1 is 1.43 bits per heavy atom. The van der Waals surface area contributed by atoms with Gasteiger partial charge >= 0.3 is 0 Å². The highest BCUT2D eigenvalue weighted by molar-refractivity contribution is 14.0. The first-order valence-corrected chi connectivity index (χ1v) is 9.16. The lowest BCUT2D eigenvalue weighted by molar-refractivity contribution is -0.106. The standard InChI is InChI=1S/C15H29N3OS.HI/c1-5-16-14(17-8-6-10-20-4)18-12-11-7-9-19-13(11)15(12,2)3;/h11-13H,5-10H2,1-4H3,(H2,16,17,18);1H. The van der Waals surface area contributed by atoms with Gasteiger partial charge in [-0.25, -0.2) is 0 Å². The van der Waals surface area contributed by atoms with E-state index in [4.69, 9.17) is 9.73 Å². The van der Waals surface area contributed by atoms with Crippen molar-refractivity contribution < 1.29 is 4.74 Å². The van der Waals surface area contributed by atoms with E-state index in [0.717, 1.165) is 32.1 Å². The molecule has 0 bridgehead atoms. The fraction of sp³-hybridized carbons (Fsp3) is 0.933. The van der Waals surface area contributed by atoms with Crippen LogP contribution in [0.3, 0.4) is 0 Å². The maximum atomic E-state index is 5.85. The number of thioether (sulfide) groups is 1. The summed E-state index contributed by atoms with van der Waals surface area (Å²) in [5.41, 5.74) is 0.205. The van der Waals surface area contributed by atoms with Crippen molar-refractivity contribution in [1.29, 1.82) is 0 Å². The van der Waals surface area contributed by atoms with Crippen molar-refractivity contribution in [2.75, 3.05) is 31.7 Å². The van der Waals surface area contributed by atoms with E-state index < -0.39 is 0 Å². The minimum absolute atomic E-state index is 0. The Hall–Kier alpha value is 0.310. The van der Waals surface area contributed by atoms with E-state index in [1.165, 1.54) is 12.2 Å². The molecule has 0 radical (unpaired) electrons. The smallest absolute Gasteiger partial charge is 0.191 e. The van der Waals surface area contributed by atoms with Gasteiger partial charge in [0.25, 0.3) is 0 Å². The molecule has 1 saturated heterocycles. The van der Waals surface area contributed by atoms with Gasteiger partial charge in [-0.15, -0.1) is 24.0 Å². The third-order valence-electron chi connectivity index (χ3n) is 4.51. The summed E-state index contributed by atoms with van der Waals surface area (Å²) >= 11 is 1.88. The number of fused-ring (bicyclic) bond motifs is 1. The topological polar surface area (TPSA) is 45.7 Å². The Morgan fingerprint density at radius 3 is 2.86 bits per heavy atom. The van der Waals surface area contributed by atoms with Crippen LogP contribution >= 0.6 is 35.7 Å². The Bertz CT molecular complexity index is 352. The highest BCUT2D eigenvalue weighted by atomic mass is 127. The third kappa shape index (κ3) is 4.41. The Kier molecular flexibility index (Phi) is 8.13. The minimum atomic E-state index is 0. The van der Waals surface area contributed by atoms with Crippen LogP contribution in [0, 0.1) is 11.3 Å². The van der Waals surface area contributed by atoms with Crippen molar-refractivity contribution in [2.24, 2.45) is 16.3 Å². The van der Waals surface area contributed by atoms with E-state index >= 15 is 0 Å². The van der Waals surface area contributed by atoms with Crippen LogP contribution in [-0.2, 0) is 4.74 Å². The number of ether oxygens (including phenoxy) is 1. The highest BCUT2D eigenvalue weighted by Gasteiger charge is 2.59. The van der Waals surface area contributed by atoms with Crippen LogP contribution in [0.1, 0.15) is 33.6 Å². The third-order valence-corrected chi connectivity index (χ3v) is 5.21. The van der Waals surface area contributed by atoms with Gasteiger partial charge in [-0.05, 0) is 31.8 Å². The van der Waals surface area contributed by atoms with E-state index in [1.54, 1.807) is 0 Å². The van der Waals surface area contributed by atoms with Gasteiger partial charge in [-0.3, -0.25) is 4.99 Å². The van der Waals surface area contributed by atoms with Gasteiger partial charge in [0.2, 0.25) is 0 Å². The maximum Gasteiger partial charge on any atom is 0.191 e. The molecule has 4 nitrogen and oxygen atoms in total. The molecule has 0 aromatic heterocycles. The van der Waals surface area contributed by atoms with Crippen molar-refractivity contribution >= 4 is 41.7 Å². The molecule has 2 N–H and O–H groups in total. The second kappa shape index (κ2) is 8.82. The summed E-state index contributed by atoms with van der Waals surface area (Å²) in [5.74, 6) is 2.80. The largest absolute Gasteiger partial charge is 0.377 e. The number of hydrogen-bond acceptors (Lipinski definition) is 3. The summed E-state index contributed by atoms with van der Waals surface area (Å²) in [6.45, 7) is 9.44. The molecule has 1 aliphatic carbocycles. The Balaban J connectivity index is 0.00000220. The molecule has 0 amide bonds. The predicted molar refractivity (Wildman–Crippen MR) is 103 cm³/mol. The molecule has 2 aliphatic rings. The Morgan fingerprint density at radius 2 is 2.19 bits per heavy atom. The lowest BCUT2D eigenvalue weighted by Crippen LogP contribution is -2.67. The quantitative estimate of drug-likeness (QED) is 0.296. The van der Waals surface area contributed by atoms with Crippen molar-refractivity contribution in [3.05, 3.63) is 0 Å². The van der Waals surface area contributed by atoms with Crippen LogP contribution in [0.5, 0.6) is 0 Å². The molecule has 3 atom stereocenters. The zero-order valence-corrected chi connectivity index (χ0v) is 16.8. The highest BCUT2D eigenvalue weighted by Crippen LogP contribution is 2.52. The molecule has 0 spiro atoms. The molecule has 2 fully saturated rings. The number of nitrogens with one attached hydrogen (secondary N) is 2. The van der Waals surface area contributed by atoms with Gasteiger partial charge in [0.1, 0.15) is 0 Å². The lowest BCUT2D eigenvalue weighted by Gasteiger charge is -2.54. The van der Waals surface area contributed by atoms with Crippen LogP contribution in [-0.4, -0.2) is 49.8 Å². The summed E-state index contributed by atoms with van der Waals surface area (Å²) in [6.07, 6.45) is 4.89. The molecule has 3 unspecified atom stereocenters. The average molecular weight is 427 g/mol. The molecule has 2 rings (SSSR count). The van der Waals surface area contributed by atoms with E-state index in [9.17, 15) is 0 Å². The van der Waals surface area contributed by atoms with Crippen LogP contribution in [0.15, 0.2) is 4.99 Å². The normalized spacial score (nSPS) is 30.1. The van der Waals surface area contributed by atoms with Gasteiger partial charge in [0.05, 0.1) is 6.10 Å². The minimum Gasteiger partial charge on any atom is -0.377 e. The first kappa shape index (κ1) is 19.4. The van der Waals surface area contributed by atoms with Gasteiger partial charge in [-0.2, -0.15) is 11.8 Å². The molecule has 6 heteroatoms. The van der Waals surface area contributed by atoms with Crippen molar-refractivity contribution in [3.8, 4) is 0 Å². The second-order valence-electron chi connectivity index (χ2n) is 6.29. The van der Waals surface area contributed by atoms with Crippen LogP contribution < -0.4 is 10.6 Å². The van der Waals surface area contributed by atoms with Crippen molar-refractivity contribution in [1.82, 2.24) is 10.6 Å². The van der Waals surface area contributed by atoms with Crippen LogP contribution in [0.2, 0.25) is 0 Å². The van der Waals surface area contributed by atoms with E-state index in [2.05, 4.69) is 37.7 Å². The maximum absolute atomic E-state index is 5.85.